The van der Waals surface area contributed by atoms with Gasteiger partial charge in [-0.15, -0.1) is 0 Å². The Balaban J connectivity index is 1.21. The van der Waals surface area contributed by atoms with Crippen LogP contribution in [-0.4, -0.2) is 55.0 Å². The van der Waals surface area contributed by atoms with Crippen LogP contribution >= 0.6 is 11.6 Å². The molecule has 0 spiro atoms. The fraction of sp³-hybridized carbons (Fsp3) is 0.571. The smallest absolute Gasteiger partial charge is 0.260 e. The van der Waals surface area contributed by atoms with Gasteiger partial charge in [0.15, 0.2) is 6.61 Å². The van der Waals surface area contributed by atoms with Crippen molar-refractivity contribution < 1.29 is 9.53 Å². The molecular weight excluding hydrogens is 348 g/mol. The molecule has 0 radical (unpaired) electrons. The van der Waals surface area contributed by atoms with Crippen molar-refractivity contribution >= 4 is 17.5 Å². The molecular formula is C21H27ClN2O2. The highest BCUT2D eigenvalue weighted by Crippen LogP contribution is 2.43. The minimum absolute atomic E-state index is 0.0712. The minimum atomic E-state index is 0.0712. The molecule has 4 nitrogen and oxygen atoms in total. The van der Waals surface area contributed by atoms with Crippen molar-refractivity contribution in [3.8, 4) is 5.75 Å². The number of rotatable bonds is 5. The highest BCUT2D eigenvalue weighted by atomic mass is 35.5. The highest BCUT2D eigenvalue weighted by molar-refractivity contribution is 6.30. The predicted octanol–water partition coefficient (Wildman–Crippen LogP) is 3.38. The van der Waals surface area contributed by atoms with E-state index in [0.29, 0.717) is 5.02 Å². The zero-order valence-electron chi connectivity index (χ0n) is 15.4. The first-order valence-corrected chi connectivity index (χ1v) is 10.0. The zero-order chi connectivity index (χ0) is 18.1. The number of piperazine rings is 1. The Bertz CT molecular complexity index is 697. The average Bonchev–Trinajstić information content (AvgIpc) is 3.24. The Labute approximate surface area is 160 Å². The van der Waals surface area contributed by atoms with Gasteiger partial charge < -0.3 is 9.64 Å². The van der Waals surface area contributed by atoms with Crippen molar-refractivity contribution in [2.75, 3.05) is 39.3 Å². The number of fused-ring (bicyclic) bond motifs is 2. The van der Waals surface area contributed by atoms with Crippen LogP contribution in [0.3, 0.4) is 0 Å². The third-order valence-corrected chi connectivity index (χ3v) is 6.36. The fourth-order valence-electron chi connectivity index (χ4n) is 4.62. The summed E-state index contributed by atoms with van der Waals surface area (Å²) in [7, 11) is 0. The Kier molecular flexibility index (Phi) is 5.23. The van der Waals surface area contributed by atoms with Gasteiger partial charge in [-0.05, 0) is 61.3 Å². The van der Waals surface area contributed by atoms with Crippen molar-refractivity contribution in [2.45, 2.75) is 19.8 Å². The summed E-state index contributed by atoms with van der Waals surface area (Å²) in [5, 5.41) is 0.684. The molecule has 26 heavy (non-hydrogen) atoms. The Morgan fingerprint density at radius 2 is 2.00 bits per heavy atom. The molecule has 1 aromatic carbocycles. The van der Waals surface area contributed by atoms with Gasteiger partial charge in [-0.2, -0.15) is 0 Å². The number of carbonyl (C=O) groups excluding carboxylic acids is 1. The van der Waals surface area contributed by atoms with Crippen LogP contribution in [-0.2, 0) is 4.79 Å². The maximum atomic E-state index is 12.5. The SMILES string of the molecule is Cc1cc(Cl)ccc1OCC(=O)N1CCN(CC2CC3C=CC2C3)CC1. The molecule has 1 heterocycles. The molecule has 2 aliphatic carbocycles. The van der Waals surface area contributed by atoms with Gasteiger partial charge in [-0.3, -0.25) is 9.69 Å². The summed E-state index contributed by atoms with van der Waals surface area (Å²) in [5.41, 5.74) is 0.954. The summed E-state index contributed by atoms with van der Waals surface area (Å²) >= 11 is 5.96. The molecule has 5 heteroatoms. The summed E-state index contributed by atoms with van der Waals surface area (Å²) in [6, 6.07) is 5.47. The molecule has 3 unspecified atom stereocenters. The molecule has 0 N–H and O–H groups in total. The monoisotopic (exact) mass is 374 g/mol. The zero-order valence-corrected chi connectivity index (χ0v) is 16.1. The average molecular weight is 375 g/mol. The number of allylic oxidation sites excluding steroid dienone is 2. The van der Waals surface area contributed by atoms with E-state index in [0.717, 1.165) is 55.2 Å². The molecule has 1 amide bonds. The van der Waals surface area contributed by atoms with E-state index in [9.17, 15) is 4.79 Å². The highest BCUT2D eigenvalue weighted by Gasteiger charge is 2.36. The number of amides is 1. The van der Waals surface area contributed by atoms with Gasteiger partial charge in [-0.25, -0.2) is 0 Å². The molecule has 2 fully saturated rings. The second-order valence-electron chi connectivity index (χ2n) is 7.92. The summed E-state index contributed by atoms with van der Waals surface area (Å²) in [6.07, 6.45) is 7.55. The van der Waals surface area contributed by atoms with E-state index in [1.807, 2.05) is 24.0 Å². The standard InChI is InChI=1S/C21H27ClN2O2/c1-15-10-19(22)4-5-20(15)26-14-21(25)24-8-6-23(7-9-24)13-18-12-16-2-3-17(18)11-16/h2-5,10,16-18H,6-9,11-14H2,1H3. The topological polar surface area (TPSA) is 32.8 Å². The molecule has 3 atom stereocenters. The molecule has 1 aliphatic heterocycles. The molecule has 1 saturated carbocycles. The van der Waals surface area contributed by atoms with Crippen LogP contribution in [0.4, 0.5) is 0 Å². The number of carbonyl (C=O) groups is 1. The second-order valence-corrected chi connectivity index (χ2v) is 8.36. The maximum Gasteiger partial charge on any atom is 0.260 e. The first-order valence-electron chi connectivity index (χ1n) is 9.66. The number of ether oxygens (including phenoxy) is 1. The molecule has 3 aliphatic rings. The van der Waals surface area contributed by atoms with Gasteiger partial charge in [0.05, 0.1) is 0 Å². The first-order chi connectivity index (χ1) is 12.6. The predicted molar refractivity (Wildman–Crippen MR) is 104 cm³/mol. The van der Waals surface area contributed by atoms with Crippen LogP contribution in [0.2, 0.25) is 5.02 Å². The van der Waals surface area contributed by atoms with Gasteiger partial charge in [-0.1, -0.05) is 23.8 Å². The lowest BCUT2D eigenvalue weighted by molar-refractivity contribution is -0.135. The van der Waals surface area contributed by atoms with Crippen LogP contribution in [0.25, 0.3) is 0 Å². The number of hydrogen-bond acceptors (Lipinski definition) is 3. The molecule has 1 aromatic rings. The molecule has 2 bridgehead atoms. The second kappa shape index (κ2) is 7.61. The van der Waals surface area contributed by atoms with Crippen LogP contribution in [0.1, 0.15) is 18.4 Å². The normalized spacial score (nSPS) is 27.9. The number of nitrogens with zero attached hydrogens (tertiary/aromatic N) is 2. The summed E-state index contributed by atoms with van der Waals surface area (Å²) in [4.78, 5) is 16.9. The Hall–Kier alpha value is -1.52. The van der Waals surface area contributed by atoms with Crippen LogP contribution in [0.5, 0.6) is 5.75 Å². The lowest BCUT2D eigenvalue weighted by Gasteiger charge is -2.36. The van der Waals surface area contributed by atoms with Crippen molar-refractivity contribution in [3.63, 3.8) is 0 Å². The number of hydrogen-bond donors (Lipinski definition) is 0. The van der Waals surface area contributed by atoms with Crippen molar-refractivity contribution in [1.82, 2.24) is 9.80 Å². The fourth-order valence-corrected chi connectivity index (χ4v) is 4.85. The van der Waals surface area contributed by atoms with E-state index < -0.39 is 0 Å². The van der Waals surface area contributed by atoms with Crippen LogP contribution in [0.15, 0.2) is 30.4 Å². The van der Waals surface area contributed by atoms with Crippen LogP contribution < -0.4 is 4.74 Å². The first kappa shape index (κ1) is 17.9. The third kappa shape index (κ3) is 3.91. The summed E-state index contributed by atoms with van der Waals surface area (Å²) in [5.74, 6) is 3.26. The van der Waals surface area contributed by atoms with E-state index in [1.54, 1.807) is 6.07 Å². The van der Waals surface area contributed by atoms with E-state index in [-0.39, 0.29) is 12.5 Å². The minimum Gasteiger partial charge on any atom is -0.483 e. The van der Waals surface area contributed by atoms with E-state index in [1.165, 1.54) is 19.4 Å². The quantitative estimate of drug-likeness (QED) is 0.741. The Morgan fingerprint density at radius 3 is 2.65 bits per heavy atom. The Morgan fingerprint density at radius 1 is 1.19 bits per heavy atom. The van der Waals surface area contributed by atoms with Gasteiger partial charge in [0.2, 0.25) is 0 Å². The van der Waals surface area contributed by atoms with Gasteiger partial charge in [0.25, 0.3) is 5.91 Å². The van der Waals surface area contributed by atoms with E-state index >= 15 is 0 Å². The maximum absolute atomic E-state index is 12.5. The van der Waals surface area contributed by atoms with Crippen molar-refractivity contribution in [2.24, 2.45) is 17.8 Å². The third-order valence-electron chi connectivity index (χ3n) is 6.12. The number of halogens is 1. The molecule has 1 saturated heterocycles. The summed E-state index contributed by atoms with van der Waals surface area (Å²) in [6.45, 7) is 6.78. The van der Waals surface area contributed by atoms with E-state index in [4.69, 9.17) is 16.3 Å². The molecule has 140 valence electrons. The summed E-state index contributed by atoms with van der Waals surface area (Å²) < 4.78 is 5.70. The number of benzene rings is 1. The van der Waals surface area contributed by atoms with Crippen LogP contribution in [0, 0.1) is 24.7 Å². The molecule has 4 rings (SSSR count). The number of aryl methyl sites for hydroxylation is 1. The lowest BCUT2D eigenvalue weighted by Crippen LogP contribution is -2.51. The molecule has 0 aromatic heterocycles. The van der Waals surface area contributed by atoms with Crippen molar-refractivity contribution in [3.05, 3.63) is 40.9 Å². The lowest BCUT2D eigenvalue weighted by atomic mass is 9.93. The largest absolute Gasteiger partial charge is 0.483 e. The van der Waals surface area contributed by atoms with Gasteiger partial charge in [0.1, 0.15) is 5.75 Å². The van der Waals surface area contributed by atoms with E-state index in [2.05, 4.69) is 17.1 Å². The van der Waals surface area contributed by atoms with Gasteiger partial charge in [0, 0.05) is 37.7 Å². The van der Waals surface area contributed by atoms with Gasteiger partial charge >= 0.3 is 0 Å². The van der Waals surface area contributed by atoms with Crippen molar-refractivity contribution in [1.29, 1.82) is 0 Å².